The van der Waals surface area contributed by atoms with Crippen molar-refractivity contribution in [3.05, 3.63) is 42.4 Å². The summed E-state index contributed by atoms with van der Waals surface area (Å²) < 4.78 is 11.1. The van der Waals surface area contributed by atoms with Crippen LogP contribution in [0.2, 0.25) is 0 Å². The van der Waals surface area contributed by atoms with Gasteiger partial charge in [0.2, 0.25) is 0 Å². The van der Waals surface area contributed by atoms with Gasteiger partial charge in [-0.15, -0.1) is 0 Å². The van der Waals surface area contributed by atoms with Crippen molar-refractivity contribution in [2.45, 2.75) is 12.5 Å². The lowest BCUT2D eigenvalue weighted by Crippen LogP contribution is -2.33. The average molecular weight is 257 g/mol. The molecular weight excluding hydrogens is 242 g/mol. The number of methoxy groups -OCH3 is 1. The molecule has 0 fully saturated rings. The van der Waals surface area contributed by atoms with Crippen LogP contribution < -0.4 is 14.8 Å². The summed E-state index contributed by atoms with van der Waals surface area (Å²) in [5.41, 5.74) is 1.15. The first-order chi connectivity index (χ1) is 9.36. The molecule has 1 aliphatic rings. The predicted molar refractivity (Wildman–Crippen MR) is 71.6 cm³/mol. The van der Waals surface area contributed by atoms with Crippen molar-refractivity contribution in [1.29, 1.82) is 0 Å². The number of ether oxygens (including phenoxy) is 2. The first-order valence-electron chi connectivity index (χ1n) is 6.18. The van der Waals surface area contributed by atoms with E-state index in [0.717, 1.165) is 29.3 Å². The van der Waals surface area contributed by atoms with Crippen molar-refractivity contribution in [3.8, 4) is 11.5 Å². The van der Waals surface area contributed by atoms with Crippen molar-refractivity contribution in [3.63, 3.8) is 0 Å². The van der Waals surface area contributed by atoms with Crippen LogP contribution in [-0.2, 0) is 6.42 Å². The molecule has 0 aliphatic carbocycles. The second kappa shape index (κ2) is 5.14. The molecule has 0 saturated heterocycles. The standard InChI is InChI=1S/C14H15N3O2/c1-18-12-4-2-3-10-7-11(9-19-14(10)12)17-13-8-15-5-6-16-13/h2-6,8,11H,7,9H2,1H3,(H,16,17). The van der Waals surface area contributed by atoms with E-state index in [-0.39, 0.29) is 6.04 Å². The molecule has 1 N–H and O–H groups in total. The van der Waals surface area contributed by atoms with E-state index in [1.807, 2.05) is 12.1 Å². The number of aromatic nitrogens is 2. The van der Waals surface area contributed by atoms with Gasteiger partial charge in [-0.1, -0.05) is 12.1 Å². The summed E-state index contributed by atoms with van der Waals surface area (Å²) in [5, 5.41) is 3.32. The lowest BCUT2D eigenvalue weighted by Gasteiger charge is -2.27. The van der Waals surface area contributed by atoms with E-state index in [0.29, 0.717) is 6.61 Å². The molecule has 0 spiro atoms. The fourth-order valence-electron chi connectivity index (χ4n) is 2.23. The minimum Gasteiger partial charge on any atom is -0.493 e. The van der Waals surface area contributed by atoms with E-state index in [2.05, 4.69) is 21.4 Å². The molecule has 2 heterocycles. The molecule has 0 amide bonds. The van der Waals surface area contributed by atoms with Crippen LogP contribution in [0.1, 0.15) is 5.56 Å². The number of rotatable bonds is 3. The van der Waals surface area contributed by atoms with Crippen LogP contribution >= 0.6 is 0 Å². The van der Waals surface area contributed by atoms with Crippen LogP contribution in [0.25, 0.3) is 0 Å². The predicted octanol–water partition coefficient (Wildman–Crippen LogP) is 1.90. The van der Waals surface area contributed by atoms with Gasteiger partial charge in [0.1, 0.15) is 12.4 Å². The zero-order chi connectivity index (χ0) is 13.1. The normalized spacial score (nSPS) is 17.2. The third-order valence-corrected chi connectivity index (χ3v) is 3.09. The van der Waals surface area contributed by atoms with Gasteiger partial charge in [0.15, 0.2) is 11.5 Å². The summed E-state index contributed by atoms with van der Waals surface area (Å²) in [6.45, 7) is 0.587. The van der Waals surface area contributed by atoms with Gasteiger partial charge in [0, 0.05) is 18.0 Å². The number of nitrogens with one attached hydrogen (secondary N) is 1. The lowest BCUT2D eigenvalue weighted by atomic mass is 10.0. The second-order valence-corrected chi connectivity index (χ2v) is 4.40. The van der Waals surface area contributed by atoms with E-state index < -0.39 is 0 Å². The Balaban J connectivity index is 1.76. The molecule has 1 unspecified atom stereocenters. The summed E-state index contributed by atoms with van der Waals surface area (Å²) >= 11 is 0. The highest BCUT2D eigenvalue weighted by Gasteiger charge is 2.22. The van der Waals surface area contributed by atoms with Crippen LogP contribution in [0, 0.1) is 0 Å². The third kappa shape index (κ3) is 2.45. The van der Waals surface area contributed by atoms with Crippen molar-refractivity contribution < 1.29 is 9.47 Å². The van der Waals surface area contributed by atoms with Gasteiger partial charge >= 0.3 is 0 Å². The fraction of sp³-hybridized carbons (Fsp3) is 0.286. The van der Waals surface area contributed by atoms with Gasteiger partial charge in [-0.25, -0.2) is 4.98 Å². The highest BCUT2D eigenvalue weighted by Crippen LogP contribution is 2.34. The molecule has 0 saturated carbocycles. The Hall–Kier alpha value is -2.30. The fourth-order valence-corrected chi connectivity index (χ4v) is 2.23. The van der Waals surface area contributed by atoms with E-state index >= 15 is 0 Å². The third-order valence-electron chi connectivity index (χ3n) is 3.09. The van der Waals surface area contributed by atoms with Gasteiger partial charge in [-0.2, -0.15) is 0 Å². The summed E-state index contributed by atoms with van der Waals surface area (Å²) in [5.74, 6) is 2.40. The van der Waals surface area contributed by atoms with Crippen molar-refractivity contribution in [1.82, 2.24) is 9.97 Å². The maximum Gasteiger partial charge on any atom is 0.164 e. The largest absolute Gasteiger partial charge is 0.493 e. The van der Waals surface area contributed by atoms with E-state index in [1.54, 1.807) is 25.7 Å². The summed E-state index contributed by atoms with van der Waals surface area (Å²) in [4.78, 5) is 8.24. The molecule has 5 nitrogen and oxygen atoms in total. The molecular formula is C14H15N3O2. The van der Waals surface area contributed by atoms with Crippen molar-refractivity contribution >= 4 is 5.82 Å². The van der Waals surface area contributed by atoms with E-state index in [1.165, 1.54) is 0 Å². The monoisotopic (exact) mass is 257 g/mol. The molecule has 0 radical (unpaired) electrons. The van der Waals surface area contributed by atoms with Crippen LogP contribution in [0.15, 0.2) is 36.8 Å². The number of para-hydroxylation sites is 1. The molecule has 0 bridgehead atoms. The first-order valence-corrected chi connectivity index (χ1v) is 6.18. The number of hydrogen-bond donors (Lipinski definition) is 1. The zero-order valence-electron chi connectivity index (χ0n) is 10.7. The molecule has 1 aromatic carbocycles. The second-order valence-electron chi connectivity index (χ2n) is 4.40. The molecule has 1 aromatic heterocycles. The van der Waals surface area contributed by atoms with Gasteiger partial charge < -0.3 is 14.8 Å². The van der Waals surface area contributed by atoms with Crippen LogP contribution in [0.4, 0.5) is 5.82 Å². The molecule has 2 aromatic rings. The van der Waals surface area contributed by atoms with E-state index in [4.69, 9.17) is 9.47 Å². The van der Waals surface area contributed by atoms with Crippen LogP contribution in [0.5, 0.6) is 11.5 Å². The summed E-state index contributed by atoms with van der Waals surface area (Å²) in [7, 11) is 1.66. The van der Waals surface area contributed by atoms with Gasteiger partial charge in [-0.05, 0) is 12.5 Å². The lowest BCUT2D eigenvalue weighted by molar-refractivity contribution is 0.256. The molecule has 19 heavy (non-hydrogen) atoms. The molecule has 5 heteroatoms. The quantitative estimate of drug-likeness (QED) is 0.910. The highest BCUT2D eigenvalue weighted by molar-refractivity contribution is 5.49. The van der Waals surface area contributed by atoms with Gasteiger partial charge in [0.05, 0.1) is 19.3 Å². The number of anilines is 1. The number of benzene rings is 1. The minimum atomic E-state index is 0.191. The molecule has 98 valence electrons. The van der Waals surface area contributed by atoms with Gasteiger partial charge in [0.25, 0.3) is 0 Å². The van der Waals surface area contributed by atoms with E-state index in [9.17, 15) is 0 Å². The molecule has 1 aliphatic heterocycles. The van der Waals surface area contributed by atoms with Gasteiger partial charge in [-0.3, -0.25) is 4.98 Å². The summed E-state index contributed by atoms with van der Waals surface area (Å²) in [6.07, 6.45) is 5.91. The number of nitrogens with zero attached hydrogens (tertiary/aromatic N) is 2. The Bertz CT molecular complexity index is 560. The Labute approximate surface area is 111 Å². The topological polar surface area (TPSA) is 56.3 Å². The smallest absolute Gasteiger partial charge is 0.164 e. The zero-order valence-corrected chi connectivity index (χ0v) is 10.7. The Morgan fingerprint density at radius 3 is 3.11 bits per heavy atom. The van der Waals surface area contributed by atoms with Crippen LogP contribution in [0.3, 0.4) is 0 Å². The minimum absolute atomic E-state index is 0.191. The molecule has 3 rings (SSSR count). The SMILES string of the molecule is COc1cccc2c1OCC(Nc1cnccn1)C2. The Morgan fingerprint density at radius 2 is 2.32 bits per heavy atom. The first kappa shape index (κ1) is 11.8. The summed E-state index contributed by atoms with van der Waals surface area (Å²) in [6, 6.07) is 6.14. The number of fused-ring (bicyclic) bond motifs is 1. The highest BCUT2D eigenvalue weighted by atomic mass is 16.5. The maximum atomic E-state index is 5.79. The average Bonchev–Trinajstić information content (AvgIpc) is 2.47. The Morgan fingerprint density at radius 1 is 1.37 bits per heavy atom. The number of hydrogen-bond acceptors (Lipinski definition) is 5. The van der Waals surface area contributed by atoms with Crippen molar-refractivity contribution in [2.24, 2.45) is 0 Å². The molecule has 1 atom stereocenters. The van der Waals surface area contributed by atoms with Crippen molar-refractivity contribution in [2.75, 3.05) is 19.0 Å². The maximum absolute atomic E-state index is 5.79. The van der Waals surface area contributed by atoms with Crippen LogP contribution in [-0.4, -0.2) is 29.7 Å². The Kier molecular flexibility index (Phi) is 3.18.